The van der Waals surface area contributed by atoms with Crippen LogP contribution in [-0.4, -0.2) is 15.0 Å². The van der Waals surface area contributed by atoms with Crippen LogP contribution in [0.5, 0.6) is 5.75 Å². The first-order valence-electron chi connectivity index (χ1n) is 6.28. The third kappa shape index (κ3) is 2.38. The van der Waals surface area contributed by atoms with Crippen molar-refractivity contribution in [2.75, 3.05) is 5.73 Å². The Morgan fingerprint density at radius 2 is 2.05 bits per heavy atom. The number of hydrogen-bond acceptors (Lipinski definition) is 5. The molecule has 0 radical (unpaired) electrons. The maximum Gasteiger partial charge on any atom is 0.138 e. The van der Waals surface area contributed by atoms with Gasteiger partial charge in [-0.2, -0.15) is 0 Å². The molecule has 2 aromatic heterocycles. The van der Waals surface area contributed by atoms with Gasteiger partial charge in [-0.1, -0.05) is 12.1 Å². The van der Waals surface area contributed by atoms with E-state index in [2.05, 4.69) is 15.0 Å². The monoisotopic (exact) mass is 266 g/mol. The quantitative estimate of drug-likeness (QED) is 0.788. The molecule has 100 valence electrons. The number of nitrogen functional groups attached to an aromatic ring is 1. The molecule has 0 aliphatic rings. The highest BCUT2D eigenvalue weighted by molar-refractivity contribution is 5.93. The minimum absolute atomic E-state index is 0.431. The highest BCUT2D eigenvalue weighted by Crippen LogP contribution is 2.29. The SMILES string of the molecule is Cc1nc(N)c2c(OCc3cccnc3)cccc2n1. The van der Waals surface area contributed by atoms with E-state index in [0.29, 0.717) is 24.0 Å². The van der Waals surface area contributed by atoms with Crippen LogP contribution in [0.3, 0.4) is 0 Å². The molecular weight excluding hydrogens is 252 g/mol. The average Bonchev–Trinajstić information content (AvgIpc) is 2.45. The molecule has 3 rings (SSSR count). The lowest BCUT2D eigenvalue weighted by atomic mass is 10.2. The van der Waals surface area contributed by atoms with Gasteiger partial charge < -0.3 is 10.5 Å². The Balaban J connectivity index is 1.96. The molecule has 0 fully saturated rings. The first kappa shape index (κ1) is 12.3. The fraction of sp³-hybridized carbons (Fsp3) is 0.133. The van der Waals surface area contributed by atoms with Crippen molar-refractivity contribution < 1.29 is 4.74 Å². The lowest BCUT2D eigenvalue weighted by Gasteiger charge is -2.10. The zero-order valence-electron chi connectivity index (χ0n) is 11.1. The Bertz CT molecular complexity index is 743. The molecular formula is C15H14N4O. The normalized spacial score (nSPS) is 10.7. The van der Waals surface area contributed by atoms with Crippen LogP contribution in [0.15, 0.2) is 42.7 Å². The Kier molecular flexibility index (Phi) is 3.16. The summed E-state index contributed by atoms with van der Waals surface area (Å²) in [6.45, 7) is 2.25. The molecule has 0 amide bonds. The lowest BCUT2D eigenvalue weighted by Crippen LogP contribution is -2.01. The largest absolute Gasteiger partial charge is 0.488 e. The summed E-state index contributed by atoms with van der Waals surface area (Å²) >= 11 is 0. The summed E-state index contributed by atoms with van der Waals surface area (Å²) in [6, 6.07) is 9.50. The van der Waals surface area contributed by atoms with E-state index >= 15 is 0 Å². The van der Waals surface area contributed by atoms with Crippen LogP contribution < -0.4 is 10.5 Å². The number of hydrogen-bond donors (Lipinski definition) is 1. The summed E-state index contributed by atoms with van der Waals surface area (Å²) < 4.78 is 5.83. The van der Waals surface area contributed by atoms with E-state index in [-0.39, 0.29) is 0 Å². The molecule has 5 heteroatoms. The maximum absolute atomic E-state index is 5.98. The summed E-state index contributed by atoms with van der Waals surface area (Å²) in [5.74, 6) is 1.78. The van der Waals surface area contributed by atoms with Gasteiger partial charge in [-0.25, -0.2) is 9.97 Å². The standard InChI is InChI=1S/C15H14N4O/c1-10-18-12-5-2-6-13(14(12)15(16)19-10)20-9-11-4-3-7-17-8-11/h2-8H,9H2,1H3,(H2,16,18,19). The van der Waals surface area contributed by atoms with Gasteiger partial charge in [0, 0.05) is 18.0 Å². The predicted molar refractivity (Wildman–Crippen MR) is 77.3 cm³/mol. The average molecular weight is 266 g/mol. The highest BCUT2D eigenvalue weighted by atomic mass is 16.5. The second-order valence-electron chi connectivity index (χ2n) is 4.46. The smallest absolute Gasteiger partial charge is 0.138 e. The number of aromatic nitrogens is 3. The van der Waals surface area contributed by atoms with Gasteiger partial charge in [-0.15, -0.1) is 0 Å². The van der Waals surface area contributed by atoms with Gasteiger partial charge in [-0.3, -0.25) is 4.98 Å². The molecule has 2 heterocycles. The van der Waals surface area contributed by atoms with Crippen LogP contribution >= 0.6 is 0 Å². The number of benzene rings is 1. The zero-order valence-corrected chi connectivity index (χ0v) is 11.1. The molecule has 3 aromatic rings. The third-order valence-electron chi connectivity index (χ3n) is 2.94. The van der Waals surface area contributed by atoms with Crippen molar-refractivity contribution in [3.63, 3.8) is 0 Å². The van der Waals surface area contributed by atoms with Crippen LogP contribution in [-0.2, 0) is 6.61 Å². The lowest BCUT2D eigenvalue weighted by molar-refractivity contribution is 0.309. The summed E-state index contributed by atoms with van der Waals surface area (Å²) in [4.78, 5) is 12.6. The van der Waals surface area contributed by atoms with Crippen molar-refractivity contribution in [2.24, 2.45) is 0 Å². The molecule has 0 saturated heterocycles. The van der Waals surface area contributed by atoms with Crippen LogP contribution in [0.25, 0.3) is 10.9 Å². The van der Waals surface area contributed by atoms with Gasteiger partial charge in [0.1, 0.15) is 24.0 Å². The van der Waals surface area contributed by atoms with Crippen molar-refractivity contribution in [1.82, 2.24) is 15.0 Å². The molecule has 2 N–H and O–H groups in total. The fourth-order valence-electron chi connectivity index (χ4n) is 2.06. The molecule has 0 aliphatic carbocycles. The Morgan fingerprint density at radius 1 is 1.15 bits per heavy atom. The molecule has 0 saturated carbocycles. The van der Waals surface area contributed by atoms with Crippen molar-refractivity contribution >= 4 is 16.7 Å². The van der Waals surface area contributed by atoms with Gasteiger partial charge in [0.2, 0.25) is 0 Å². The number of anilines is 1. The fourth-order valence-corrected chi connectivity index (χ4v) is 2.06. The molecule has 0 bridgehead atoms. The van der Waals surface area contributed by atoms with Crippen molar-refractivity contribution in [1.29, 1.82) is 0 Å². The van der Waals surface area contributed by atoms with E-state index < -0.39 is 0 Å². The number of nitrogens with zero attached hydrogens (tertiary/aromatic N) is 3. The highest BCUT2D eigenvalue weighted by Gasteiger charge is 2.09. The first-order chi connectivity index (χ1) is 9.74. The van der Waals surface area contributed by atoms with Crippen molar-refractivity contribution in [3.8, 4) is 5.75 Å². The van der Waals surface area contributed by atoms with E-state index in [9.17, 15) is 0 Å². The molecule has 0 atom stereocenters. The van der Waals surface area contributed by atoms with E-state index in [1.54, 1.807) is 12.4 Å². The molecule has 0 unspecified atom stereocenters. The summed E-state index contributed by atoms with van der Waals surface area (Å²) in [5, 5.41) is 0.752. The zero-order chi connectivity index (χ0) is 13.9. The predicted octanol–water partition coefficient (Wildman–Crippen LogP) is 2.49. The van der Waals surface area contributed by atoms with Gasteiger partial charge in [0.25, 0.3) is 0 Å². The van der Waals surface area contributed by atoms with Crippen molar-refractivity contribution in [2.45, 2.75) is 13.5 Å². The number of fused-ring (bicyclic) bond motifs is 1. The van der Waals surface area contributed by atoms with Crippen LogP contribution in [0.2, 0.25) is 0 Å². The Morgan fingerprint density at radius 3 is 2.85 bits per heavy atom. The van der Waals surface area contributed by atoms with Crippen LogP contribution in [0.1, 0.15) is 11.4 Å². The van der Waals surface area contributed by atoms with E-state index in [0.717, 1.165) is 16.5 Å². The summed E-state index contributed by atoms with van der Waals surface area (Å²) in [5.41, 5.74) is 7.77. The first-order valence-corrected chi connectivity index (χ1v) is 6.28. The number of ether oxygens (including phenoxy) is 1. The minimum Gasteiger partial charge on any atom is -0.488 e. The number of rotatable bonds is 3. The van der Waals surface area contributed by atoms with Gasteiger partial charge in [-0.05, 0) is 25.1 Å². The molecule has 1 aromatic carbocycles. The van der Waals surface area contributed by atoms with Crippen molar-refractivity contribution in [3.05, 3.63) is 54.1 Å². The van der Waals surface area contributed by atoms with E-state index in [4.69, 9.17) is 10.5 Å². The van der Waals surface area contributed by atoms with E-state index in [1.807, 2.05) is 37.3 Å². The summed E-state index contributed by atoms with van der Waals surface area (Å²) in [7, 11) is 0. The molecule has 5 nitrogen and oxygen atoms in total. The van der Waals surface area contributed by atoms with Gasteiger partial charge in [0.05, 0.1) is 10.9 Å². The molecule has 0 aliphatic heterocycles. The topological polar surface area (TPSA) is 73.9 Å². The van der Waals surface area contributed by atoms with Gasteiger partial charge >= 0.3 is 0 Å². The maximum atomic E-state index is 5.98. The summed E-state index contributed by atoms with van der Waals surface area (Å²) in [6.07, 6.45) is 3.51. The number of pyridine rings is 1. The number of aryl methyl sites for hydroxylation is 1. The molecule has 0 spiro atoms. The Labute approximate surface area is 116 Å². The second-order valence-corrected chi connectivity index (χ2v) is 4.46. The third-order valence-corrected chi connectivity index (χ3v) is 2.94. The molecule has 20 heavy (non-hydrogen) atoms. The minimum atomic E-state index is 0.431. The Hall–Kier alpha value is -2.69. The van der Waals surface area contributed by atoms with Crippen LogP contribution in [0.4, 0.5) is 5.82 Å². The second kappa shape index (κ2) is 5.13. The van der Waals surface area contributed by atoms with Crippen LogP contribution in [0, 0.1) is 6.92 Å². The van der Waals surface area contributed by atoms with E-state index in [1.165, 1.54) is 0 Å². The van der Waals surface area contributed by atoms with Gasteiger partial charge in [0.15, 0.2) is 0 Å². The number of nitrogens with two attached hydrogens (primary N) is 1.